The highest BCUT2D eigenvalue weighted by Gasteiger charge is 2.37. The molecule has 126 valence electrons. The van der Waals surface area contributed by atoms with E-state index in [9.17, 15) is 9.59 Å². The summed E-state index contributed by atoms with van der Waals surface area (Å²) < 4.78 is 5.16. The van der Waals surface area contributed by atoms with Crippen LogP contribution in [0.4, 0.5) is 0 Å². The lowest BCUT2D eigenvalue weighted by Gasteiger charge is -2.36. The Labute approximate surface area is 136 Å². The molecule has 1 aromatic rings. The molecule has 1 aromatic heterocycles. The van der Waals surface area contributed by atoms with E-state index in [1.54, 1.807) is 6.92 Å². The van der Waals surface area contributed by atoms with Crippen molar-refractivity contribution in [2.45, 2.75) is 52.5 Å². The number of carbonyl (C=O) groups is 2. The minimum atomic E-state index is 0.118. The predicted molar refractivity (Wildman–Crippen MR) is 84.8 cm³/mol. The number of rotatable bonds is 3. The Morgan fingerprint density at radius 3 is 2.65 bits per heavy atom. The van der Waals surface area contributed by atoms with E-state index < -0.39 is 0 Å². The molecule has 4 heterocycles. The molecule has 4 rings (SSSR count). The van der Waals surface area contributed by atoms with Crippen molar-refractivity contribution in [1.82, 2.24) is 15.0 Å². The summed E-state index contributed by atoms with van der Waals surface area (Å²) in [6, 6.07) is 0.176. The van der Waals surface area contributed by atoms with Crippen LogP contribution in [-0.2, 0) is 16.0 Å². The van der Waals surface area contributed by atoms with Crippen molar-refractivity contribution in [3.05, 3.63) is 17.0 Å². The summed E-state index contributed by atoms with van der Waals surface area (Å²) >= 11 is 0. The first kappa shape index (κ1) is 16.0. The van der Waals surface area contributed by atoms with Gasteiger partial charge in [-0.25, -0.2) is 0 Å². The van der Waals surface area contributed by atoms with Crippen LogP contribution in [0.5, 0.6) is 0 Å². The van der Waals surface area contributed by atoms with Crippen molar-refractivity contribution < 1.29 is 14.1 Å². The highest BCUT2D eigenvalue weighted by Crippen LogP contribution is 2.29. The largest absolute Gasteiger partial charge is 0.361 e. The average Bonchev–Trinajstić information content (AvgIpc) is 2.73. The third-order valence-corrected chi connectivity index (χ3v) is 5.25. The van der Waals surface area contributed by atoms with E-state index in [2.05, 4.69) is 5.16 Å². The van der Waals surface area contributed by atoms with E-state index >= 15 is 0 Å². The van der Waals surface area contributed by atoms with Gasteiger partial charge in [0.25, 0.3) is 0 Å². The van der Waals surface area contributed by atoms with Gasteiger partial charge in [-0.1, -0.05) is 5.16 Å². The smallest absolute Gasteiger partial charge is 0.223 e. The zero-order valence-electron chi connectivity index (χ0n) is 14.2. The molecule has 0 saturated carbocycles. The van der Waals surface area contributed by atoms with E-state index in [-0.39, 0.29) is 17.9 Å². The molecule has 3 aliphatic rings. The summed E-state index contributed by atoms with van der Waals surface area (Å²) in [5.74, 6) is 1.52. The molecule has 0 spiro atoms. The molecule has 2 amide bonds. The van der Waals surface area contributed by atoms with Gasteiger partial charge in [0.1, 0.15) is 5.76 Å². The van der Waals surface area contributed by atoms with Gasteiger partial charge in [-0.2, -0.15) is 0 Å². The van der Waals surface area contributed by atoms with Gasteiger partial charge in [0.05, 0.1) is 5.69 Å². The highest BCUT2D eigenvalue weighted by atomic mass is 16.5. The van der Waals surface area contributed by atoms with Crippen molar-refractivity contribution in [3.8, 4) is 0 Å². The highest BCUT2D eigenvalue weighted by molar-refractivity contribution is 5.78. The number of nitrogens with zero attached hydrogens (tertiary/aromatic N) is 3. The van der Waals surface area contributed by atoms with Gasteiger partial charge in [0.15, 0.2) is 0 Å². The number of piperidine rings is 1. The first-order valence-electron chi connectivity index (χ1n) is 8.42. The molecule has 3 saturated heterocycles. The van der Waals surface area contributed by atoms with Crippen molar-refractivity contribution in [2.24, 2.45) is 5.92 Å². The fourth-order valence-electron chi connectivity index (χ4n) is 3.88. The van der Waals surface area contributed by atoms with Crippen LogP contribution in [-0.4, -0.2) is 52.4 Å². The fraction of sp³-hybridized carbons (Fsp3) is 0.706. The Morgan fingerprint density at radius 1 is 1.22 bits per heavy atom. The number of aryl methyl sites for hydroxylation is 2. The normalized spacial score (nSPS) is 24.0. The molecule has 2 bridgehead atoms. The van der Waals surface area contributed by atoms with Gasteiger partial charge in [-0.05, 0) is 39.0 Å². The number of hydrogen-bond donors (Lipinski definition) is 0. The average molecular weight is 319 g/mol. The number of hydrogen-bond acceptors (Lipinski definition) is 4. The van der Waals surface area contributed by atoms with Crippen LogP contribution in [0.25, 0.3) is 0 Å². The van der Waals surface area contributed by atoms with Crippen LogP contribution >= 0.6 is 0 Å². The molecule has 0 radical (unpaired) electrons. The number of aromatic nitrogens is 1. The summed E-state index contributed by atoms with van der Waals surface area (Å²) in [5, 5.41) is 3.95. The summed E-state index contributed by atoms with van der Waals surface area (Å²) in [6.45, 7) is 7.68. The Bertz CT molecular complexity index is 591. The summed E-state index contributed by atoms with van der Waals surface area (Å²) in [5.41, 5.74) is 1.92. The molecule has 3 aliphatic heterocycles. The second kappa shape index (κ2) is 6.34. The minimum Gasteiger partial charge on any atom is -0.361 e. The maximum Gasteiger partial charge on any atom is 0.223 e. The maximum atomic E-state index is 12.7. The Hall–Kier alpha value is -1.85. The molecule has 0 N–H and O–H groups in total. The van der Waals surface area contributed by atoms with Crippen LogP contribution in [0, 0.1) is 19.8 Å². The lowest BCUT2D eigenvalue weighted by Crippen LogP contribution is -2.47. The van der Waals surface area contributed by atoms with Crippen molar-refractivity contribution in [2.75, 3.05) is 19.6 Å². The second-order valence-corrected chi connectivity index (χ2v) is 6.87. The van der Waals surface area contributed by atoms with Gasteiger partial charge in [0.2, 0.25) is 11.8 Å². The Kier molecular flexibility index (Phi) is 4.41. The molecule has 2 atom stereocenters. The monoisotopic (exact) mass is 319 g/mol. The standard InChI is InChI=1S/C17H25N3O3/c1-11-16(12(2)23-18-11)6-7-17(22)20-9-14-4-5-15(20)10-19(8-14)13(3)21/h14-15H,4-10H2,1-3H3/t14-,15+/m1/s1. The quantitative estimate of drug-likeness (QED) is 0.850. The molecule has 6 nitrogen and oxygen atoms in total. The number of carbonyl (C=O) groups excluding carboxylic acids is 2. The van der Waals surface area contributed by atoms with Crippen LogP contribution < -0.4 is 0 Å². The van der Waals surface area contributed by atoms with Crippen LogP contribution in [0.1, 0.15) is 43.2 Å². The third kappa shape index (κ3) is 3.26. The van der Waals surface area contributed by atoms with Gasteiger partial charge in [-0.3, -0.25) is 9.59 Å². The number of amides is 2. The SMILES string of the molecule is CC(=O)N1C[C@H]2CC[C@@H](C1)N(C(=O)CCc1c(C)noc1C)C2. The van der Waals surface area contributed by atoms with E-state index in [1.807, 2.05) is 23.6 Å². The molecule has 3 fully saturated rings. The first-order valence-corrected chi connectivity index (χ1v) is 8.42. The van der Waals surface area contributed by atoms with Gasteiger partial charge in [-0.15, -0.1) is 0 Å². The predicted octanol–water partition coefficient (Wildman–Crippen LogP) is 1.69. The zero-order valence-corrected chi connectivity index (χ0v) is 14.2. The van der Waals surface area contributed by atoms with Gasteiger partial charge >= 0.3 is 0 Å². The van der Waals surface area contributed by atoms with E-state index in [4.69, 9.17) is 4.52 Å². The molecule has 23 heavy (non-hydrogen) atoms. The van der Waals surface area contributed by atoms with E-state index in [1.165, 1.54) is 0 Å². The summed E-state index contributed by atoms with van der Waals surface area (Å²) in [4.78, 5) is 28.3. The number of fused-ring (bicyclic) bond motifs is 4. The molecule has 0 aromatic carbocycles. The minimum absolute atomic E-state index is 0.118. The van der Waals surface area contributed by atoms with E-state index in [0.717, 1.165) is 42.9 Å². The first-order chi connectivity index (χ1) is 11.0. The van der Waals surface area contributed by atoms with Crippen molar-refractivity contribution >= 4 is 11.8 Å². The fourth-order valence-corrected chi connectivity index (χ4v) is 3.88. The van der Waals surface area contributed by atoms with Gasteiger partial charge < -0.3 is 14.3 Å². The molecular formula is C17H25N3O3. The molecular weight excluding hydrogens is 294 g/mol. The topological polar surface area (TPSA) is 66.7 Å². The molecule has 0 aliphatic carbocycles. The summed E-state index contributed by atoms with van der Waals surface area (Å²) in [7, 11) is 0. The Morgan fingerprint density at radius 2 is 2.00 bits per heavy atom. The lowest BCUT2D eigenvalue weighted by molar-refractivity contribution is -0.136. The van der Waals surface area contributed by atoms with Crippen molar-refractivity contribution in [3.63, 3.8) is 0 Å². The van der Waals surface area contributed by atoms with Crippen molar-refractivity contribution in [1.29, 1.82) is 0 Å². The summed E-state index contributed by atoms with van der Waals surface area (Å²) in [6.07, 6.45) is 3.27. The van der Waals surface area contributed by atoms with E-state index in [0.29, 0.717) is 25.3 Å². The molecule has 6 heteroatoms. The lowest BCUT2D eigenvalue weighted by atomic mass is 9.94. The second-order valence-electron chi connectivity index (χ2n) is 6.87. The maximum absolute atomic E-state index is 12.7. The van der Waals surface area contributed by atoms with Gasteiger partial charge in [0, 0.05) is 44.6 Å². The van der Waals surface area contributed by atoms with Crippen LogP contribution in [0.2, 0.25) is 0 Å². The van der Waals surface area contributed by atoms with Crippen LogP contribution in [0.3, 0.4) is 0 Å². The zero-order chi connectivity index (χ0) is 16.6. The van der Waals surface area contributed by atoms with Crippen LogP contribution in [0.15, 0.2) is 4.52 Å². The third-order valence-electron chi connectivity index (χ3n) is 5.25. The Balaban J connectivity index is 1.65. The molecule has 0 unspecified atom stereocenters.